The molecule has 4 heteroatoms. The maximum Gasteiger partial charge on any atom is 0.0904 e. The Morgan fingerprint density at radius 1 is 0.905 bits per heavy atom. The topological polar surface area (TPSA) is 9.23 Å². The van der Waals surface area contributed by atoms with Crippen LogP contribution in [-0.4, -0.2) is 18.8 Å². The van der Waals surface area contributed by atoms with Gasteiger partial charge in [-0.05, 0) is 31.4 Å². The fourth-order valence-corrected chi connectivity index (χ4v) is 4.60. The summed E-state index contributed by atoms with van der Waals surface area (Å²) in [7, 11) is 0.0682. The summed E-state index contributed by atoms with van der Waals surface area (Å²) < 4.78 is 5.67. The Morgan fingerprint density at radius 2 is 1.38 bits per heavy atom. The van der Waals surface area contributed by atoms with Crippen molar-refractivity contribution in [3.05, 3.63) is 71.8 Å². The molecule has 112 valence electrons. The van der Waals surface area contributed by atoms with Crippen LogP contribution < -0.4 is 0 Å². The van der Waals surface area contributed by atoms with E-state index in [1.165, 1.54) is 11.1 Å². The van der Waals surface area contributed by atoms with Crippen LogP contribution in [0.1, 0.15) is 18.1 Å². The van der Waals surface area contributed by atoms with Crippen molar-refractivity contribution in [1.29, 1.82) is 0 Å². The van der Waals surface area contributed by atoms with Gasteiger partial charge in [-0.1, -0.05) is 60.7 Å². The summed E-state index contributed by atoms with van der Waals surface area (Å²) in [6.07, 6.45) is 0. The van der Waals surface area contributed by atoms with E-state index in [4.69, 9.17) is 3.63 Å². The zero-order valence-electron chi connectivity index (χ0n) is 12.7. The van der Waals surface area contributed by atoms with E-state index >= 15 is 0 Å². The summed E-state index contributed by atoms with van der Waals surface area (Å²) in [6.45, 7) is 6.76. The number of benzene rings is 2. The van der Waals surface area contributed by atoms with Gasteiger partial charge in [0.1, 0.15) is 0 Å². The zero-order chi connectivity index (χ0) is 15.1. The highest BCUT2D eigenvalue weighted by Crippen LogP contribution is 2.45. The van der Waals surface area contributed by atoms with E-state index in [-0.39, 0.29) is 12.7 Å². The summed E-state index contributed by atoms with van der Waals surface area (Å²) in [4.78, 5) is 0. The quantitative estimate of drug-likeness (QED) is 0.351. The first-order chi connectivity index (χ1) is 10.1. The molecule has 0 saturated heterocycles. The molecule has 1 nitrogen and oxygen atoms in total. The first-order valence-electron chi connectivity index (χ1n) is 6.86. The molecule has 0 aliphatic carbocycles. The Kier molecular flexibility index (Phi) is 6.63. The average molecular weight is 336 g/mol. The zero-order valence-corrected chi connectivity index (χ0v) is 15.2. The van der Waals surface area contributed by atoms with Gasteiger partial charge in [-0.25, -0.2) is 3.63 Å². The van der Waals surface area contributed by atoms with Gasteiger partial charge < -0.3 is 0 Å². The molecule has 0 fully saturated rings. The van der Waals surface area contributed by atoms with E-state index in [2.05, 4.69) is 80.9 Å². The molecule has 0 saturated carbocycles. The molecule has 0 aliphatic heterocycles. The molecular formula is C17H21OPS2. The van der Waals surface area contributed by atoms with Crippen LogP contribution in [0.4, 0.5) is 0 Å². The standard InChI is InChI=1S/C17H21OPS2/c1-17(15-10-6-4-7-11-15,16-12-8-5-9-13-16)21-18-20-14-19(2)3/h4-13H,14H2,1-3H3. The lowest BCUT2D eigenvalue weighted by atomic mass is 9.92. The molecule has 21 heavy (non-hydrogen) atoms. The second-order valence-electron chi connectivity index (χ2n) is 5.24. The smallest absolute Gasteiger partial charge is 0.0904 e. The van der Waals surface area contributed by atoms with E-state index in [0.717, 1.165) is 5.49 Å². The molecule has 0 spiro atoms. The Balaban J connectivity index is 2.19. The van der Waals surface area contributed by atoms with Gasteiger partial charge >= 0.3 is 0 Å². The monoisotopic (exact) mass is 336 g/mol. The molecular weight excluding hydrogens is 315 g/mol. The summed E-state index contributed by atoms with van der Waals surface area (Å²) in [6, 6.07) is 21.1. The highest BCUT2D eigenvalue weighted by molar-refractivity contribution is 8.10. The molecule has 2 rings (SSSR count). The highest BCUT2D eigenvalue weighted by Gasteiger charge is 2.31. The van der Waals surface area contributed by atoms with Crippen molar-refractivity contribution in [2.24, 2.45) is 0 Å². The highest BCUT2D eigenvalue weighted by atomic mass is 32.2. The van der Waals surface area contributed by atoms with E-state index in [1.807, 2.05) is 0 Å². The minimum Gasteiger partial charge on any atom is -0.246 e. The van der Waals surface area contributed by atoms with Crippen LogP contribution >= 0.6 is 32.0 Å². The van der Waals surface area contributed by atoms with Crippen LogP contribution in [-0.2, 0) is 8.38 Å². The van der Waals surface area contributed by atoms with Gasteiger partial charge in [0, 0.05) is 29.6 Å². The van der Waals surface area contributed by atoms with Gasteiger partial charge in [-0.2, -0.15) is 0 Å². The molecule has 0 N–H and O–H groups in total. The Labute approximate surface area is 138 Å². The lowest BCUT2D eigenvalue weighted by molar-refractivity contribution is 0.706. The average Bonchev–Trinajstić information content (AvgIpc) is 2.53. The van der Waals surface area contributed by atoms with Crippen LogP contribution in [0.2, 0.25) is 0 Å². The first-order valence-corrected chi connectivity index (χ1v) is 10.9. The van der Waals surface area contributed by atoms with E-state index in [9.17, 15) is 0 Å². The lowest BCUT2D eigenvalue weighted by Crippen LogP contribution is -2.19. The third kappa shape index (κ3) is 4.75. The number of rotatable bonds is 7. The molecule has 2 aromatic carbocycles. The van der Waals surface area contributed by atoms with Crippen LogP contribution in [0.3, 0.4) is 0 Å². The van der Waals surface area contributed by atoms with E-state index < -0.39 is 0 Å². The van der Waals surface area contributed by atoms with Crippen molar-refractivity contribution in [1.82, 2.24) is 0 Å². The number of hydrogen-bond acceptors (Lipinski definition) is 3. The second kappa shape index (κ2) is 8.24. The molecule has 0 radical (unpaired) electrons. The van der Waals surface area contributed by atoms with Crippen molar-refractivity contribution in [2.75, 3.05) is 18.8 Å². The van der Waals surface area contributed by atoms with Crippen LogP contribution in [0.15, 0.2) is 60.7 Å². The second-order valence-corrected chi connectivity index (χ2v) is 10.2. The normalized spacial score (nSPS) is 11.8. The third-order valence-electron chi connectivity index (χ3n) is 3.21. The fraction of sp³-hybridized carbons (Fsp3) is 0.294. The molecule has 0 aliphatic rings. The van der Waals surface area contributed by atoms with E-state index in [0.29, 0.717) is 0 Å². The predicted molar refractivity (Wildman–Crippen MR) is 99.2 cm³/mol. The predicted octanol–water partition coefficient (Wildman–Crippen LogP) is 5.96. The summed E-state index contributed by atoms with van der Waals surface area (Å²) in [5.41, 5.74) is 3.59. The molecule has 0 unspecified atom stereocenters. The van der Waals surface area contributed by atoms with Crippen molar-refractivity contribution < 1.29 is 3.63 Å². The molecule has 0 heterocycles. The summed E-state index contributed by atoms with van der Waals surface area (Å²) in [5.74, 6) is 0. The van der Waals surface area contributed by atoms with Crippen molar-refractivity contribution in [3.63, 3.8) is 0 Å². The molecule has 0 atom stereocenters. The van der Waals surface area contributed by atoms with Gasteiger partial charge in [-0.3, -0.25) is 0 Å². The van der Waals surface area contributed by atoms with Crippen LogP contribution in [0.5, 0.6) is 0 Å². The summed E-state index contributed by atoms with van der Waals surface area (Å²) >= 11 is 3.11. The van der Waals surface area contributed by atoms with Gasteiger partial charge in [0.15, 0.2) is 0 Å². The molecule has 0 aromatic heterocycles. The van der Waals surface area contributed by atoms with Crippen molar-refractivity contribution in [3.8, 4) is 0 Å². The van der Waals surface area contributed by atoms with E-state index in [1.54, 1.807) is 24.1 Å². The molecule has 0 amide bonds. The van der Waals surface area contributed by atoms with Gasteiger partial charge in [0.25, 0.3) is 0 Å². The number of hydrogen-bond donors (Lipinski definition) is 0. The molecule has 2 aromatic rings. The Bertz CT molecular complexity index is 492. The van der Waals surface area contributed by atoms with Crippen LogP contribution in [0.25, 0.3) is 0 Å². The van der Waals surface area contributed by atoms with Gasteiger partial charge in [-0.15, -0.1) is 7.92 Å². The van der Waals surface area contributed by atoms with Crippen molar-refractivity contribution >= 4 is 32.0 Å². The largest absolute Gasteiger partial charge is 0.246 e. The third-order valence-corrected chi connectivity index (χ3v) is 7.16. The van der Waals surface area contributed by atoms with Gasteiger partial charge in [0.05, 0.1) is 4.75 Å². The van der Waals surface area contributed by atoms with Gasteiger partial charge in [0.2, 0.25) is 0 Å². The molecule has 0 bridgehead atoms. The summed E-state index contributed by atoms with van der Waals surface area (Å²) in [5, 5.41) is 0. The fourth-order valence-electron chi connectivity index (χ4n) is 1.99. The first kappa shape index (κ1) is 16.9. The van der Waals surface area contributed by atoms with Crippen LogP contribution in [0, 0.1) is 0 Å². The van der Waals surface area contributed by atoms with Crippen molar-refractivity contribution in [2.45, 2.75) is 11.7 Å². The minimum absolute atomic E-state index is 0.0682. The lowest BCUT2D eigenvalue weighted by Gasteiger charge is -2.28. The Hall–Kier alpha value is -0.470. The maximum atomic E-state index is 5.87. The Morgan fingerprint density at radius 3 is 1.81 bits per heavy atom. The minimum atomic E-state index is -0.195. The SMILES string of the molecule is CP(C)CSOSC(C)(c1ccccc1)c1ccccc1. The maximum absolute atomic E-state index is 5.87.